The Labute approximate surface area is 177 Å². The molecule has 29 heavy (non-hydrogen) atoms. The van der Waals surface area contributed by atoms with Gasteiger partial charge in [0.15, 0.2) is 0 Å². The Balaban J connectivity index is 1.57. The fourth-order valence-electron chi connectivity index (χ4n) is 2.69. The average molecular weight is 472 g/mol. The predicted octanol–water partition coefficient (Wildman–Crippen LogP) is 2.68. The van der Waals surface area contributed by atoms with Gasteiger partial charge in [0.05, 0.1) is 11.4 Å². The summed E-state index contributed by atoms with van der Waals surface area (Å²) in [4.78, 5) is 28.1. The second kappa shape index (κ2) is 8.13. The SMILES string of the molecule is CC(=O)Nc1cccc(-n2nnnc2SCc2cc(=O)n3cc(Br)ccc3n2)c1. The van der Waals surface area contributed by atoms with Crippen LogP contribution in [0.15, 0.2) is 63.1 Å². The number of pyridine rings is 1. The highest BCUT2D eigenvalue weighted by Gasteiger charge is 2.12. The van der Waals surface area contributed by atoms with Gasteiger partial charge in [-0.25, -0.2) is 4.98 Å². The molecule has 0 saturated heterocycles. The van der Waals surface area contributed by atoms with Crippen LogP contribution in [0.2, 0.25) is 0 Å². The van der Waals surface area contributed by atoms with E-state index < -0.39 is 0 Å². The van der Waals surface area contributed by atoms with Gasteiger partial charge in [-0.05, 0) is 56.7 Å². The van der Waals surface area contributed by atoms with Crippen molar-refractivity contribution in [1.82, 2.24) is 29.6 Å². The minimum absolute atomic E-state index is 0.158. The zero-order valence-electron chi connectivity index (χ0n) is 15.1. The van der Waals surface area contributed by atoms with Gasteiger partial charge in [-0.15, -0.1) is 5.10 Å². The highest BCUT2D eigenvalue weighted by Crippen LogP contribution is 2.23. The molecule has 0 radical (unpaired) electrons. The molecule has 0 saturated carbocycles. The van der Waals surface area contributed by atoms with Crippen molar-refractivity contribution < 1.29 is 4.79 Å². The fraction of sp³-hybridized carbons (Fsp3) is 0.111. The number of thioether (sulfide) groups is 1. The van der Waals surface area contributed by atoms with E-state index >= 15 is 0 Å². The van der Waals surface area contributed by atoms with E-state index in [2.05, 4.69) is 41.8 Å². The molecule has 0 aliphatic heterocycles. The summed E-state index contributed by atoms with van der Waals surface area (Å²) in [7, 11) is 0. The van der Waals surface area contributed by atoms with E-state index in [-0.39, 0.29) is 11.5 Å². The number of fused-ring (bicyclic) bond motifs is 1. The summed E-state index contributed by atoms with van der Waals surface area (Å²) < 4.78 is 3.85. The average Bonchev–Trinajstić information content (AvgIpc) is 3.15. The van der Waals surface area contributed by atoms with Gasteiger partial charge >= 0.3 is 0 Å². The molecule has 0 unspecified atom stereocenters. The number of amides is 1. The number of nitrogens with one attached hydrogen (secondary N) is 1. The van der Waals surface area contributed by atoms with Gasteiger partial charge in [0, 0.05) is 35.1 Å². The summed E-state index contributed by atoms with van der Waals surface area (Å²) in [5.41, 5.74) is 2.40. The van der Waals surface area contributed by atoms with Crippen LogP contribution in [0.4, 0.5) is 5.69 Å². The number of carbonyl (C=O) groups is 1. The molecule has 146 valence electrons. The Hall–Kier alpha value is -3.05. The number of nitrogens with zero attached hydrogens (tertiary/aromatic N) is 6. The van der Waals surface area contributed by atoms with Gasteiger partial charge < -0.3 is 5.32 Å². The van der Waals surface area contributed by atoms with Crippen molar-refractivity contribution in [3.63, 3.8) is 0 Å². The summed E-state index contributed by atoms with van der Waals surface area (Å²) in [6, 6.07) is 12.3. The van der Waals surface area contributed by atoms with Crippen LogP contribution in [0.5, 0.6) is 0 Å². The second-order valence-electron chi connectivity index (χ2n) is 6.05. The standard InChI is InChI=1S/C18H14BrN7O2S/c1-11(27)20-13-3-2-4-15(7-13)26-18(22-23-24-26)29-10-14-8-17(28)25-9-12(19)5-6-16(25)21-14/h2-9H,10H2,1H3,(H,20,27). The van der Waals surface area contributed by atoms with Crippen LogP contribution in [0.3, 0.4) is 0 Å². The maximum absolute atomic E-state index is 12.3. The Morgan fingerprint density at radius 1 is 1.24 bits per heavy atom. The molecule has 0 bridgehead atoms. The van der Waals surface area contributed by atoms with E-state index in [4.69, 9.17) is 0 Å². The number of halogens is 1. The number of anilines is 1. The third-order valence-corrected chi connectivity index (χ3v) is 5.30. The molecule has 1 aromatic carbocycles. The maximum Gasteiger partial charge on any atom is 0.258 e. The molecule has 3 heterocycles. The largest absolute Gasteiger partial charge is 0.326 e. The van der Waals surface area contributed by atoms with Gasteiger partial charge in [0.2, 0.25) is 11.1 Å². The van der Waals surface area contributed by atoms with E-state index in [0.717, 1.165) is 4.47 Å². The lowest BCUT2D eigenvalue weighted by Crippen LogP contribution is -2.15. The van der Waals surface area contributed by atoms with Crippen LogP contribution in [0.1, 0.15) is 12.6 Å². The van der Waals surface area contributed by atoms with E-state index in [0.29, 0.717) is 33.6 Å². The van der Waals surface area contributed by atoms with E-state index in [1.165, 1.54) is 29.2 Å². The Morgan fingerprint density at radius 2 is 2.10 bits per heavy atom. The maximum atomic E-state index is 12.3. The molecule has 0 fully saturated rings. The molecule has 0 spiro atoms. The van der Waals surface area contributed by atoms with E-state index in [1.54, 1.807) is 35.1 Å². The monoisotopic (exact) mass is 471 g/mol. The molecule has 3 aromatic heterocycles. The van der Waals surface area contributed by atoms with Crippen molar-refractivity contribution in [2.24, 2.45) is 0 Å². The number of hydrogen-bond donors (Lipinski definition) is 1. The predicted molar refractivity (Wildman–Crippen MR) is 112 cm³/mol. The topological polar surface area (TPSA) is 107 Å². The first-order valence-electron chi connectivity index (χ1n) is 8.47. The first-order valence-corrected chi connectivity index (χ1v) is 10.2. The summed E-state index contributed by atoms with van der Waals surface area (Å²) in [6.45, 7) is 1.45. The smallest absolute Gasteiger partial charge is 0.258 e. The molecule has 4 rings (SSSR count). The van der Waals surface area contributed by atoms with Crippen molar-refractivity contribution in [1.29, 1.82) is 0 Å². The lowest BCUT2D eigenvalue weighted by atomic mass is 10.3. The third kappa shape index (κ3) is 4.35. The lowest BCUT2D eigenvalue weighted by Gasteiger charge is -2.07. The first kappa shape index (κ1) is 19.3. The highest BCUT2D eigenvalue weighted by molar-refractivity contribution is 9.10. The van der Waals surface area contributed by atoms with Crippen molar-refractivity contribution in [2.45, 2.75) is 17.8 Å². The first-order chi connectivity index (χ1) is 14.0. The molecule has 4 aromatic rings. The van der Waals surface area contributed by atoms with Gasteiger partial charge in [-0.3, -0.25) is 14.0 Å². The van der Waals surface area contributed by atoms with Crippen molar-refractivity contribution in [3.05, 3.63) is 69.2 Å². The molecule has 0 aliphatic rings. The van der Waals surface area contributed by atoms with Gasteiger partial charge in [-0.2, -0.15) is 4.68 Å². The van der Waals surface area contributed by atoms with Crippen LogP contribution in [-0.4, -0.2) is 35.5 Å². The summed E-state index contributed by atoms with van der Waals surface area (Å²) in [5, 5.41) is 15.1. The van der Waals surface area contributed by atoms with Crippen LogP contribution in [0.25, 0.3) is 11.3 Å². The highest BCUT2D eigenvalue weighted by atomic mass is 79.9. The number of aromatic nitrogens is 6. The summed E-state index contributed by atoms with van der Waals surface area (Å²) in [5.74, 6) is 0.266. The number of carbonyl (C=O) groups excluding carboxylic acids is 1. The molecule has 9 nitrogen and oxygen atoms in total. The molecule has 11 heteroatoms. The Kier molecular flexibility index (Phi) is 5.41. The van der Waals surface area contributed by atoms with Gasteiger partial charge in [0.1, 0.15) is 5.65 Å². The van der Waals surface area contributed by atoms with Crippen LogP contribution in [0, 0.1) is 0 Å². The van der Waals surface area contributed by atoms with Gasteiger partial charge in [0.25, 0.3) is 5.56 Å². The van der Waals surface area contributed by atoms with Crippen molar-refractivity contribution in [2.75, 3.05) is 5.32 Å². The number of tetrazole rings is 1. The number of hydrogen-bond acceptors (Lipinski definition) is 7. The third-order valence-electron chi connectivity index (χ3n) is 3.88. The molecule has 0 aliphatic carbocycles. The second-order valence-corrected chi connectivity index (χ2v) is 7.91. The zero-order valence-corrected chi connectivity index (χ0v) is 17.5. The van der Waals surface area contributed by atoms with Crippen molar-refractivity contribution >= 4 is 44.9 Å². The van der Waals surface area contributed by atoms with Crippen LogP contribution in [-0.2, 0) is 10.5 Å². The normalized spacial score (nSPS) is 11.0. The summed E-state index contributed by atoms with van der Waals surface area (Å²) >= 11 is 4.71. The molecule has 1 amide bonds. The molecule has 1 N–H and O–H groups in total. The van der Waals surface area contributed by atoms with Gasteiger partial charge in [-0.1, -0.05) is 17.8 Å². The molecular formula is C18H14BrN7O2S. The molecule has 0 atom stereocenters. The van der Waals surface area contributed by atoms with E-state index in [1.807, 2.05) is 12.1 Å². The van der Waals surface area contributed by atoms with Crippen LogP contribution < -0.4 is 10.9 Å². The summed E-state index contributed by atoms with van der Waals surface area (Å²) in [6.07, 6.45) is 1.68. The zero-order chi connectivity index (χ0) is 20.4. The molecular weight excluding hydrogens is 458 g/mol. The van der Waals surface area contributed by atoms with E-state index in [9.17, 15) is 9.59 Å². The fourth-order valence-corrected chi connectivity index (χ4v) is 3.81. The number of benzene rings is 1. The Bertz CT molecular complexity index is 1270. The minimum Gasteiger partial charge on any atom is -0.326 e. The van der Waals surface area contributed by atoms with Crippen LogP contribution >= 0.6 is 27.7 Å². The minimum atomic E-state index is -0.158. The Morgan fingerprint density at radius 3 is 2.93 bits per heavy atom. The van der Waals surface area contributed by atoms with Crippen molar-refractivity contribution in [3.8, 4) is 5.69 Å². The quantitative estimate of drug-likeness (QED) is 0.445. The lowest BCUT2D eigenvalue weighted by molar-refractivity contribution is -0.114. The number of rotatable bonds is 5.